The van der Waals surface area contributed by atoms with Gasteiger partial charge in [-0.25, -0.2) is 4.99 Å². The van der Waals surface area contributed by atoms with Gasteiger partial charge < -0.3 is 4.42 Å². The molecule has 4 aliphatic rings. The number of rotatable bonds is 8. The minimum Gasteiger partial charge on any atom is -0.454 e. The van der Waals surface area contributed by atoms with E-state index in [0.717, 1.165) is 76.5 Å². The molecule has 3 aliphatic carbocycles. The van der Waals surface area contributed by atoms with E-state index in [9.17, 15) is 0 Å². The summed E-state index contributed by atoms with van der Waals surface area (Å²) in [5.41, 5.74) is 11.6. The molecule has 0 saturated heterocycles. The molecule has 0 bridgehead atoms. The number of benzene rings is 3. The maximum Gasteiger partial charge on any atom is 0.158 e. The topological polar surface area (TPSA) is 50.2 Å². The fraction of sp³-hybridized carbons (Fsp3) is 0.159. The first-order valence-electron chi connectivity index (χ1n) is 16.8. The zero-order chi connectivity index (χ0) is 32.3. The summed E-state index contributed by atoms with van der Waals surface area (Å²) in [7, 11) is 0. The highest BCUT2D eigenvalue weighted by molar-refractivity contribution is 6.16. The third kappa shape index (κ3) is 5.86. The van der Waals surface area contributed by atoms with Crippen molar-refractivity contribution in [3.63, 3.8) is 0 Å². The Balaban J connectivity index is 1.12. The van der Waals surface area contributed by atoms with Crippen LogP contribution in [-0.4, -0.2) is 18.1 Å². The highest BCUT2D eigenvalue weighted by atomic mass is 16.3. The first kappa shape index (κ1) is 29.8. The maximum absolute atomic E-state index is 6.51. The fourth-order valence-corrected chi connectivity index (χ4v) is 7.09. The molecule has 48 heavy (non-hydrogen) atoms. The zero-order valence-electron chi connectivity index (χ0n) is 26.9. The number of para-hydroxylation sites is 1. The van der Waals surface area contributed by atoms with Gasteiger partial charge in [0.25, 0.3) is 0 Å². The van der Waals surface area contributed by atoms with Gasteiger partial charge in [-0.2, -0.15) is 0 Å². The van der Waals surface area contributed by atoms with Crippen LogP contribution in [0.4, 0.5) is 0 Å². The molecule has 2 heterocycles. The fourth-order valence-electron chi connectivity index (χ4n) is 7.09. The van der Waals surface area contributed by atoms with Crippen molar-refractivity contribution in [1.82, 2.24) is 0 Å². The summed E-state index contributed by atoms with van der Waals surface area (Å²) in [6, 6.07) is 25.6. The average Bonchev–Trinajstić information content (AvgIpc) is 3.56. The summed E-state index contributed by atoms with van der Waals surface area (Å²) >= 11 is 0. The standard InChI is InChI=1S/C44H37N3O/c1-45-39(34-25-23-32(24-26-34)31-14-4-2-5-15-31)28-40(33-16-6-3-7-17-33)46-29-30-13-12-18-35(27-30)43-44-42(36-19-8-10-21-38(36)47-43)37-20-9-11-22-41(37)48-44/h2-6,8-14,16,18,20-28,31,36H,1,7,15,17,19,29H2/b39-28-,46-40+. The Morgan fingerprint density at radius 3 is 2.60 bits per heavy atom. The molecule has 8 rings (SSSR count). The predicted octanol–water partition coefficient (Wildman–Crippen LogP) is 10.8. The second-order valence-electron chi connectivity index (χ2n) is 12.6. The first-order valence-corrected chi connectivity index (χ1v) is 16.8. The van der Waals surface area contributed by atoms with Crippen LogP contribution in [0.2, 0.25) is 0 Å². The Kier molecular flexibility index (Phi) is 8.22. The minimum absolute atomic E-state index is 0.211. The predicted molar refractivity (Wildman–Crippen MR) is 200 cm³/mol. The summed E-state index contributed by atoms with van der Waals surface area (Å²) in [4.78, 5) is 14.8. The molecule has 2 unspecified atom stereocenters. The largest absolute Gasteiger partial charge is 0.454 e. The Morgan fingerprint density at radius 2 is 1.77 bits per heavy atom. The van der Waals surface area contributed by atoms with E-state index in [0.29, 0.717) is 12.5 Å². The van der Waals surface area contributed by atoms with Gasteiger partial charge in [-0.05, 0) is 73.4 Å². The molecule has 1 aliphatic heterocycles. The number of furan rings is 1. The van der Waals surface area contributed by atoms with Crippen molar-refractivity contribution in [2.75, 3.05) is 0 Å². The van der Waals surface area contributed by atoms with Gasteiger partial charge in [-0.15, -0.1) is 0 Å². The molecule has 0 fully saturated rings. The molecule has 234 valence electrons. The van der Waals surface area contributed by atoms with E-state index < -0.39 is 0 Å². The van der Waals surface area contributed by atoms with E-state index >= 15 is 0 Å². The van der Waals surface area contributed by atoms with Crippen LogP contribution in [0.1, 0.15) is 71.1 Å². The summed E-state index contributed by atoms with van der Waals surface area (Å²) in [6.45, 7) is 4.46. The quantitative estimate of drug-likeness (QED) is 0.180. The van der Waals surface area contributed by atoms with Crippen molar-refractivity contribution in [3.8, 4) is 0 Å². The van der Waals surface area contributed by atoms with Gasteiger partial charge in [0.1, 0.15) is 11.3 Å². The van der Waals surface area contributed by atoms with Crippen molar-refractivity contribution >= 4 is 34.8 Å². The summed E-state index contributed by atoms with van der Waals surface area (Å²) in [6.07, 6.45) is 27.7. The van der Waals surface area contributed by atoms with Crippen LogP contribution in [0.5, 0.6) is 0 Å². The number of fused-ring (bicyclic) bond motifs is 5. The van der Waals surface area contributed by atoms with E-state index in [1.807, 2.05) is 6.07 Å². The first-order chi connectivity index (χ1) is 23.7. The Morgan fingerprint density at radius 1 is 0.896 bits per heavy atom. The maximum atomic E-state index is 6.51. The molecule has 1 aromatic heterocycles. The number of allylic oxidation sites excluding steroid dienone is 13. The van der Waals surface area contributed by atoms with Crippen molar-refractivity contribution < 1.29 is 4.42 Å². The summed E-state index contributed by atoms with van der Waals surface area (Å²) < 4.78 is 6.51. The van der Waals surface area contributed by atoms with Crippen LogP contribution in [0, 0.1) is 0 Å². The lowest BCUT2D eigenvalue weighted by Crippen LogP contribution is -2.17. The third-order valence-electron chi connectivity index (χ3n) is 9.60. The number of nitrogens with zero attached hydrogens (tertiary/aromatic N) is 3. The molecule has 4 nitrogen and oxygen atoms in total. The molecule has 4 heteroatoms. The SMILES string of the molecule is C=N/C(=C\C(=N/Cc1cccc(C2=NC3=CC=CCC3c3c2oc2ccccc32)c1)C1=CC=CCC1)c1ccc(C2C=CC=CC2)cc1. The lowest BCUT2D eigenvalue weighted by Gasteiger charge is -2.25. The molecule has 0 spiro atoms. The smallest absolute Gasteiger partial charge is 0.158 e. The average molecular weight is 624 g/mol. The molecule has 0 N–H and O–H groups in total. The molecular weight excluding hydrogens is 587 g/mol. The summed E-state index contributed by atoms with van der Waals surface area (Å²) in [5, 5.41) is 1.17. The zero-order valence-corrected chi connectivity index (χ0v) is 26.9. The highest BCUT2D eigenvalue weighted by Crippen LogP contribution is 2.44. The molecule has 0 amide bonds. The lowest BCUT2D eigenvalue weighted by molar-refractivity contribution is 0.588. The van der Waals surface area contributed by atoms with E-state index in [1.165, 1.54) is 22.1 Å². The second kappa shape index (κ2) is 13.2. The van der Waals surface area contributed by atoms with Crippen molar-refractivity contribution in [3.05, 3.63) is 184 Å². The minimum atomic E-state index is 0.211. The van der Waals surface area contributed by atoms with Gasteiger partial charge >= 0.3 is 0 Å². The molecule has 0 radical (unpaired) electrons. The summed E-state index contributed by atoms with van der Waals surface area (Å²) in [5.74, 6) is 1.50. The van der Waals surface area contributed by atoms with Gasteiger partial charge in [0, 0.05) is 39.6 Å². The van der Waals surface area contributed by atoms with Gasteiger partial charge in [0.05, 0.1) is 18.0 Å². The van der Waals surface area contributed by atoms with Crippen LogP contribution in [0.15, 0.2) is 170 Å². The van der Waals surface area contributed by atoms with Crippen molar-refractivity contribution in [2.24, 2.45) is 15.0 Å². The number of aliphatic imine (C=N–C) groups is 3. The second-order valence-corrected chi connectivity index (χ2v) is 12.6. The Bertz CT molecular complexity index is 2170. The van der Waals surface area contributed by atoms with E-state index in [-0.39, 0.29) is 5.92 Å². The van der Waals surface area contributed by atoms with Gasteiger partial charge in [0.2, 0.25) is 0 Å². The monoisotopic (exact) mass is 623 g/mol. The van der Waals surface area contributed by atoms with Crippen LogP contribution in [0.25, 0.3) is 16.7 Å². The van der Waals surface area contributed by atoms with E-state index in [4.69, 9.17) is 14.4 Å². The number of hydrogen-bond donors (Lipinski definition) is 0. The Hall–Kier alpha value is -5.61. The Labute approximate surface area is 282 Å². The molecular formula is C44H37N3O. The van der Waals surface area contributed by atoms with E-state index in [1.54, 1.807) is 0 Å². The van der Waals surface area contributed by atoms with Gasteiger partial charge in [0.15, 0.2) is 5.76 Å². The molecule has 0 saturated carbocycles. The van der Waals surface area contributed by atoms with Crippen molar-refractivity contribution in [2.45, 2.75) is 44.1 Å². The molecule has 4 aromatic rings. The van der Waals surface area contributed by atoms with Crippen LogP contribution < -0.4 is 0 Å². The molecule has 2 atom stereocenters. The van der Waals surface area contributed by atoms with E-state index in [2.05, 4.69) is 145 Å². The van der Waals surface area contributed by atoms with Crippen molar-refractivity contribution in [1.29, 1.82) is 0 Å². The van der Waals surface area contributed by atoms with Crippen LogP contribution >= 0.6 is 0 Å². The lowest BCUT2D eigenvalue weighted by atomic mass is 9.83. The highest BCUT2D eigenvalue weighted by Gasteiger charge is 2.33. The van der Waals surface area contributed by atoms with Gasteiger partial charge in [-0.3, -0.25) is 9.98 Å². The van der Waals surface area contributed by atoms with Crippen LogP contribution in [0.3, 0.4) is 0 Å². The molecule has 3 aromatic carbocycles. The number of hydrogen-bond acceptors (Lipinski definition) is 4. The third-order valence-corrected chi connectivity index (χ3v) is 9.60. The normalized spacial score (nSPS) is 20.2. The van der Waals surface area contributed by atoms with Crippen LogP contribution in [-0.2, 0) is 6.54 Å². The van der Waals surface area contributed by atoms with Gasteiger partial charge in [-0.1, -0.05) is 115 Å².